The number of benzene rings is 1. The molecule has 1 heterocycles. The third-order valence-electron chi connectivity index (χ3n) is 2.25. The van der Waals surface area contributed by atoms with Crippen LogP contribution in [0.15, 0.2) is 41.1 Å². The summed E-state index contributed by atoms with van der Waals surface area (Å²) in [6.45, 7) is 0. The number of ether oxygens (including phenoxy) is 2. The molecule has 0 atom stereocenters. The molecule has 0 unspecified atom stereocenters. The van der Waals surface area contributed by atoms with E-state index >= 15 is 0 Å². The topological polar surface area (TPSA) is 55.1 Å². The maximum absolute atomic E-state index is 8.82. The van der Waals surface area contributed by atoms with E-state index in [1.54, 1.807) is 36.7 Å². The molecule has 0 bridgehead atoms. The van der Waals surface area contributed by atoms with Gasteiger partial charge < -0.3 is 9.47 Å². The van der Waals surface area contributed by atoms with Crippen molar-refractivity contribution in [2.75, 3.05) is 7.11 Å². The Morgan fingerprint density at radius 2 is 2.06 bits per heavy atom. The molecule has 2 rings (SSSR count). The Morgan fingerprint density at radius 1 is 1.22 bits per heavy atom. The van der Waals surface area contributed by atoms with Gasteiger partial charge in [-0.3, -0.25) is 4.98 Å². The Labute approximate surface area is 113 Å². The Bertz CT molecular complexity index is 608. The van der Waals surface area contributed by atoms with Gasteiger partial charge >= 0.3 is 0 Å². The molecule has 0 spiro atoms. The first-order valence-corrected chi connectivity index (χ1v) is 5.89. The van der Waals surface area contributed by atoms with Crippen LogP contribution in [-0.2, 0) is 0 Å². The zero-order chi connectivity index (χ0) is 13.0. The number of pyridine rings is 1. The number of halogens is 1. The van der Waals surface area contributed by atoms with Gasteiger partial charge in [-0.1, -0.05) is 0 Å². The summed E-state index contributed by atoms with van der Waals surface area (Å²) in [5.41, 5.74) is 0.521. The predicted molar refractivity (Wildman–Crippen MR) is 69.7 cm³/mol. The van der Waals surface area contributed by atoms with Gasteiger partial charge in [0.2, 0.25) is 0 Å². The van der Waals surface area contributed by atoms with E-state index in [0.717, 1.165) is 4.47 Å². The smallest absolute Gasteiger partial charge is 0.169 e. The highest BCUT2D eigenvalue weighted by Gasteiger charge is 2.08. The lowest BCUT2D eigenvalue weighted by atomic mass is 10.2. The van der Waals surface area contributed by atoms with Crippen molar-refractivity contribution in [3.63, 3.8) is 0 Å². The normalized spacial score (nSPS) is 9.61. The first kappa shape index (κ1) is 12.4. The van der Waals surface area contributed by atoms with Gasteiger partial charge in [0.25, 0.3) is 0 Å². The first-order valence-electron chi connectivity index (χ1n) is 5.10. The summed E-state index contributed by atoms with van der Waals surface area (Å²) >= 11 is 3.35. The molecule has 0 radical (unpaired) electrons. The summed E-state index contributed by atoms with van der Waals surface area (Å²) in [5, 5.41) is 8.82. The second-order valence-electron chi connectivity index (χ2n) is 3.39. The van der Waals surface area contributed by atoms with Crippen molar-refractivity contribution < 1.29 is 9.47 Å². The van der Waals surface area contributed by atoms with Crippen molar-refractivity contribution in [3.8, 4) is 23.3 Å². The minimum atomic E-state index is 0.512. The number of hydrogen-bond donors (Lipinski definition) is 0. The zero-order valence-electron chi connectivity index (χ0n) is 9.55. The molecule has 2 aromatic rings. The standard InChI is InChI=1S/C13H9BrN2O2/c1-17-13-6-9(7-15)2-3-12(13)18-11-4-5-16-8-10(11)14/h2-6,8H,1H3. The van der Waals surface area contributed by atoms with Gasteiger partial charge in [-0.2, -0.15) is 5.26 Å². The highest BCUT2D eigenvalue weighted by atomic mass is 79.9. The monoisotopic (exact) mass is 304 g/mol. The third-order valence-corrected chi connectivity index (χ3v) is 2.84. The number of nitrogens with zero attached hydrogens (tertiary/aromatic N) is 2. The summed E-state index contributed by atoms with van der Waals surface area (Å²) in [4.78, 5) is 3.96. The molecule has 0 fully saturated rings. The summed E-state index contributed by atoms with van der Waals surface area (Å²) in [6, 6.07) is 8.79. The molecule has 1 aromatic carbocycles. The van der Waals surface area contributed by atoms with E-state index in [2.05, 4.69) is 20.9 Å². The molecule has 0 saturated heterocycles. The molecule has 0 saturated carbocycles. The lowest BCUT2D eigenvalue weighted by molar-refractivity contribution is 0.378. The second-order valence-corrected chi connectivity index (χ2v) is 4.24. The molecular weight excluding hydrogens is 296 g/mol. The second kappa shape index (κ2) is 5.52. The fourth-order valence-electron chi connectivity index (χ4n) is 1.39. The van der Waals surface area contributed by atoms with E-state index in [4.69, 9.17) is 14.7 Å². The van der Waals surface area contributed by atoms with E-state index in [1.807, 2.05) is 6.07 Å². The summed E-state index contributed by atoms with van der Waals surface area (Å²) in [6.07, 6.45) is 3.28. The van der Waals surface area contributed by atoms with Crippen LogP contribution in [0, 0.1) is 11.3 Å². The summed E-state index contributed by atoms with van der Waals surface area (Å²) in [7, 11) is 1.53. The Morgan fingerprint density at radius 3 is 2.72 bits per heavy atom. The summed E-state index contributed by atoms with van der Waals surface area (Å²) in [5.74, 6) is 1.69. The molecule has 0 aliphatic rings. The van der Waals surface area contributed by atoms with Gasteiger partial charge in [0.15, 0.2) is 11.5 Å². The Balaban J connectivity index is 2.35. The Hall–Kier alpha value is -2.06. The molecule has 0 N–H and O–H groups in total. The van der Waals surface area contributed by atoms with Gasteiger partial charge in [0, 0.05) is 24.5 Å². The predicted octanol–water partition coefficient (Wildman–Crippen LogP) is 3.52. The minimum absolute atomic E-state index is 0.512. The van der Waals surface area contributed by atoms with Crippen molar-refractivity contribution in [1.82, 2.24) is 4.98 Å². The number of nitriles is 1. The number of methoxy groups -OCH3 is 1. The molecule has 0 aliphatic heterocycles. The highest BCUT2D eigenvalue weighted by Crippen LogP contribution is 2.34. The SMILES string of the molecule is COc1cc(C#N)ccc1Oc1ccncc1Br. The molecule has 90 valence electrons. The van der Waals surface area contributed by atoms with E-state index in [-0.39, 0.29) is 0 Å². The van der Waals surface area contributed by atoms with Crippen LogP contribution in [0.25, 0.3) is 0 Å². The van der Waals surface area contributed by atoms with Crippen molar-refractivity contribution in [3.05, 3.63) is 46.7 Å². The van der Waals surface area contributed by atoms with Crippen molar-refractivity contribution >= 4 is 15.9 Å². The molecule has 4 nitrogen and oxygen atoms in total. The van der Waals surface area contributed by atoms with E-state index in [0.29, 0.717) is 22.8 Å². The van der Waals surface area contributed by atoms with Gasteiger partial charge in [0.05, 0.1) is 23.2 Å². The van der Waals surface area contributed by atoms with E-state index < -0.39 is 0 Å². The molecule has 0 aliphatic carbocycles. The number of aromatic nitrogens is 1. The van der Waals surface area contributed by atoms with Gasteiger partial charge in [-0.25, -0.2) is 0 Å². The van der Waals surface area contributed by atoms with Crippen LogP contribution in [0.4, 0.5) is 0 Å². The maximum atomic E-state index is 8.82. The fraction of sp³-hybridized carbons (Fsp3) is 0.0769. The van der Waals surface area contributed by atoms with Crippen molar-refractivity contribution in [2.45, 2.75) is 0 Å². The van der Waals surface area contributed by atoms with Gasteiger partial charge in [0.1, 0.15) is 5.75 Å². The van der Waals surface area contributed by atoms with Crippen LogP contribution in [0.5, 0.6) is 17.2 Å². The van der Waals surface area contributed by atoms with Crippen LogP contribution < -0.4 is 9.47 Å². The molecule has 0 amide bonds. The third kappa shape index (κ3) is 2.60. The minimum Gasteiger partial charge on any atom is -0.493 e. The quantitative estimate of drug-likeness (QED) is 0.870. The lowest BCUT2D eigenvalue weighted by Gasteiger charge is -2.11. The van der Waals surface area contributed by atoms with Crippen molar-refractivity contribution in [2.24, 2.45) is 0 Å². The maximum Gasteiger partial charge on any atom is 0.169 e. The highest BCUT2D eigenvalue weighted by molar-refractivity contribution is 9.10. The largest absolute Gasteiger partial charge is 0.493 e. The van der Waals surface area contributed by atoms with Crippen molar-refractivity contribution in [1.29, 1.82) is 5.26 Å². The van der Waals surface area contributed by atoms with E-state index in [1.165, 1.54) is 7.11 Å². The molecule has 5 heteroatoms. The van der Waals surface area contributed by atoms with Crippen LogP contribution >= 0.6 is 15.9 Å². The zero-order valence-corrected chi connectivity index (χ0v) is 11.1. The number of hydrogen-bond acceptors (Lipinski definition) is 4. The van der Waals surface area contributed by atoms with Gasteiger partial charge in [-0.05, 0) is 28.1 Å². The summed E-state index contributed by atoms with van der Waals surface area (Å²) < 4.78 is 11.6. The van der Waals surface area contributed by atoms with Crippen LogP contribution in [-0.4, -0.2) is 12.1 Å². The molecule has 18 heavy (non-hydrogen) atoms. The first-order chi connectivity index (χ1) is 8.74. The van der Waals surface area contributed by atoms with Crippen LogP contribution in [0.1, 0.15) is 5.56 Å². The number of rotatable bonds is 3. The van der Waals surface area contributed by atoms with Gasteiger partial charge in [-0.15, -0.1) is 0 Å². The average Bonchev–Trinajstić information content (AvgIpc) is 2.41. The van der Waals surface area contributed by atoms with E-state index in [9.17, 15) is 0 Å². The van der Waals surface area contributed by atoms with Crippen LogP contribution in [0.3, 0.4) is 0 Å². The Kier molecular flexibility index (Phi) is 3.80. The lowest BCUT2D eigenvalue weighted by Crippen LogP contribution is -1.92. The fourth-order valence-corrected chi connectivity index (χ4v) is 1.72. The molecule has 1 aromatic heterocycles. The van der Waals surface area contributed by atoms with Crippen LogP contribution in [0.2, 0.25) is 0 Å². The average molecular weight is 305 g/mol. The molecular formula is C13H9BrN2O2.